The number of rotatable bonds is 7. The van der Waals surface area contributed by atoms with E-state index in [2.05, 4.69) is 20.2 Å². The van der Waals surface area contributed by atoms with Gasteiger partial charge in [-0.1, -0.05) is 36.4 Å². The van der Waals surface area contributed by atoms with Crippen LogP contribution in [0.3, 0.4) is 0 Å². The van der Waals surface area contributed by atoms with Crippen molar-refractivity contribution in [2.45, 2.75) is 30.2 Å². The molecule has 1 amide bonds. The number of aromatic nitrogens is 2. The molecule has 3 heterocycles. The van der Waals surface area contributed by atoms with Crippen LogP contribution in [0.25, 0.3) is 11.0 Å². The second-order valence-electron chi connectivity index (χ2n) is 6.88. The first-order valence-electron chi connectivity index (χ1n) is 9.72. The Morgan fingerprint density at radius 2 is 1.89 bits per heavy atom. The number of likely N-dealkylation sites (tertiary alicyclic amines) is 1. The summed E-state index contributed by atoms with van der Waals surface area (Å²) in [6.45, 7) is 3.76. The average molecular weight is 397 g/mol. The quantitative estimate of drug-likeness (QED) is 0.485. The molecule has 0 aliphatic carbocycles. The van der Waals surface area contributed by atoms with Crippen LogP contribution in [0, 0.1) is 0 Å². The molecule has 1 N–H and O–H groups in total. The van der Waals surface area contributed by atoms with Crippen molar-refractivity contribution in [2.75, 3.05) is 26.2 Å². The molecule has 28 heavy (non-hydrogen) atoms. The fourth-order valence-corrected chi connectivity index (χ4v) is 4.34. The Morgan fingerprint density at radius 3 is 2.71 bits per heavy atom. The number of fused-ring (bicyclic) bond motifs is 1. The number of amides is 1. The van der Waals surface area contributed by atoms with Crippen molar-refractivity contribution in [3.8, 4) is 0 Å². The van der Waals surface area contributed by atoms with Gasteiger partial charge in [-0.05, 0) is 38.1 Å². The van der Waals surface area contributed by atoms with Gasteiger partial charge in [-0.3, -0.25) is 4.79 Å². The smallest absolute Gasteiger partial charge is 0.287 e. The maximum absolute atomic E-state index is 12.8. The molecule has 2 aromatic heterocycles. The molecule has 3 aromatic rings. The van der Waals surface area contributed by atoms with E-state index in [1.54, 1.807) is 18.5 Å². The molecule has 7 heteroatoms. The van der Waals surface area contributed by atoms with Crippen molar-refractivity contribution in [3.05, 3.63) is 54.0 Å². The van der Waals surface area contributed by atoms with Crippen molar-refractivity contribution in [2.24, 2.45) is 0 Å². The first kappa shape index (κ1) is 19.0. The first-order chi connectivity index (χ1) is 13.8. The Morgan fingerprint density at radius 1 is 1.11 bits per heavy atom. The SMILES string of the molecule is O=C(NCCN1CCCCC1)c1oc2ccccc2c1CSc1ncccn1. The van der Waals surface area contributed by atoms with Gasteiger partial charge in [-0.2, -0.15) is 0 Å². The van der Waals surface area contributed by atoms with Crippen LogP contribution in [0.2, 0.25) is 0 Å². The summed E-state index contributed by atoms with van der Waals surface area (Å²) >= 11 is 1.50. The van der Waals surface area contributed by atoms with Gasteiger partial charge >= 0.3 is 0 Å². The summed E-state index contributed by atoms with van der Waals surface area (Å²) in [7, 11) is 0. The van der Waals surface area contributed by atoms with Crippen LogP contribution in [-0.2, 0) is 5.75 Å². The van der Waals surface area contributed by atoms with E-state index in [1.807, 2.05) is 24.3 Å². The number of nitrogens with zero attached hydrogens (tertiary/aromatic N) is 3. The minimum atomic E-state index is -0.155. The molecule has 1 aliphatic rings. The number of piperidine rings is 1. The Kier molecular flexibility index (Phi) is 6.24. The number of carbonyl (C=O) groups excluding carboxylic acids is 1. The van der Waals surface area contributed by atoms with E-state index < -0.39 is 0 Å². The van der Waals surface area contributed by atoms with Crippen molar-refractivity contribution in [1.29, 1.82) is 0 Å². The third-order valence-corrected chi connectivity index (χ3v) is 5.86. The van der Waals surface area contributed by atoms with Gasteiger partial charge in [0, 0.05) is 42.2 Å². The molecule has 0 spiro atoms. The van der Waals surface area contributed by atoms with Crippen LogP contribution in [0.5, 0.6) is 0 Å². The van der Waals surface area contributed by atoms with Gasteiger partial charge in [0.15, 0.2) is 10.9 Å². The predicted octanol–water partition coefficient (Wildman–Crippen LogP) is 3.73. The minimum absolute atomic E-state index is 0.155. The lowest BCUT2D eigenvalue weighted by molar-refractivity contribution is 0.0920. The maximum Gasteiger partial charge on any atom is 0.287 e. The molecule has 4 rings (SSSR count). The molecule has 0 unspecified atom stereocenters. The number of thioether (sulfide) groups is 1. The molecule has 1 aliphatic heterocycles. The van der Waals surface area contributed by atoms with Gasteiger partial charge in [0.1, 0.15) is 5.58 Å². The fourth-order valence-electron chi connectivity index (χ4n) is 3.51. The predicted molar refractivity (Wildman–Crippen MR) is 110 cm³/mol. The second kappa shape index (κ2) is 9.21. The topological polar surface area (TPSA) is 71.3 Å². The maximum atomic E-state index is 12.8. The van der Waals surface area contributed by atoms with Crippen LogP contribution in [0.15, 0.2) is 52.3 Å². The van der Waals surface area contributed by atoms with E-state index in [9.17, 15) is 4.79 Å². The molecular formula is C21H24N4O2S. The number of para-hydroxylation sites is 1. The number of carbonyl (C=O) groups is 1. The largest absolute Gasteiger partial charge is 0.451 e. The molecule has 0 bridgehead atoms. The molecule has 0 atom stereocenters. The summed E-state index contributed by atoms with van der Waals surface area (Å²) < 4.78 is 5.91. The molecular weight excluding hydrogens is 372 g/mol. The number of nitrogens with one attached hydrogen (secondary N) is 1. The molecule has 1 aromatic carbocycles. The Hall–Kier alpha value is -2.38. The van der Waals surface area contributed by atoms with Crippen LogP contribution >= 0.6 is 11.8 Å². The van der Waals surface area contributed by atoms with Gasteiger partial charge in [-0.15, -0.1) is 0 Å². The van der Waals surface area contributed by atoms with Gasteiger partial charge in [-0.25, -0.2) is 9.97 Å². The van der Waals surface area contributed by atoms with Crippen molar-refractivity contribution >= 4 is 28.6 Å². The summed E-state index contributed by atoms with van der Waals surface area (Å²) in [5.74, 6) is 0.816. The number of furan rings is 1. The van der Waals surface area contributed by atoms with E-state index in [-0.39, 0.29) is 5.91 Å². The standard InChI is InChI=1S/C21H24N4O2S/c26-20(22-11-14-25-12-4-1-5-13-25)19-17(15-28-21-23-9-6-10-24-21)16-7-2-3-8-18(16)27-19/h2-3,6-10H,1,4-5,11-15H2,(H,22,26). The highest BCUT2D eigenvalue weighted by atomic mass is 32.2. The minimum Gasteiger partial charge on any atom is -0.451 e. The van der Waals surface area contributed by atoms with Gasteiger partial charge < -0.3 is 14.6 Å². The van der Waals surface area contributed by atoms with Gasteiger partial charge in [0.2, 0.25) is 0 Å². The highest BCUT2D eigenvalue weighted by molar-refractivity contribution is 7.98. The van der Waals surface area contributed by atoms with Crippen LogP contribution < -0.4 is 5.32 Å². The lowest BCUT2D eigenvalue weighted by atomic mass is 10.1. The molecule has 1 fully saturated rings. The van der Waals surface area contributed by atoms with Crippen molar-refractivity contribution in [3.63, 3.8) is 0 Å². The van der Waals surface area contributed by atoms with Crippen LogP contribution in [0.4, 0.5) is 0 Å². The average Bonchev–Trinajstić information content (AvgIpc) is 3.12. The molecule has 0 saturated carbocycles. The van der Waals surface area contributed by atoms with E-state index in [4.69, 9.17) is 4.42 Å². The van der Waals surface area contributed by atoms with E-state index >= 15 is 0 Å². The molecule has 146 valence electrons. The summed E-state index contributed by atoms with van der Waals surface area (Å²) in [6, 6.07) is 9.56. The number of benzene rings is 1. The third kappa shape index (κ3) is 4.54. The first-order valence-corrected chi connectivity index (χ1v) is 10.7. The normalized spacial score (nSPS) is 15.0. The van der Waals surface area contributed by atoms with E-state index in [1.165, 1.54) is 31.0 Å². The van der Waals surface area contributed by atoms with E-state index in [0.717, 1.165) is 36.2 Å². The summed E-state index contributed by atoms with van der Waals surface area (Å²) in [5.41, 5.74) is 1.62. The van der Waals surface area contributed by atoms with Crippen molar-refractivity contribution in [1.82, 2.24) is 20.2 Å². The molecule has 1 saturated heterocycles. The zero-order chi connectivity index (χ0) is 19.2. The monoisotopic (exact) mass is 396 g/mol. The molecule has 0 radical (unpaired) electrons. The zero-order valence-corrected chi connectivity index (χ0v) is 16.6. The number of hydrogen-bond donors (Lipinski definition) is 1. The Balaban J connectivity index is 1.46. The Bertz CT molecular complexity index is 923. The lowest BCUT2D eigenvalue weighted by Gasteiger charge is -2.26. The zero-order valence-electron chi connectivity index (χ0n) is 15.8. The summed E-state index contributed by atoms with van der Waals surface area (Å²) in [4.78, 5) is 23.7. The van der Waals surface area contributed by atoms with E-state index in [0.29, 0.717) is 23.2 Å². The molecule has 6 nitrogen and oxygen atoms in total. The van der Waals surface area contributed by atoms with Gasteiger partial charge in [0.25, 0.3) is 5.91 Å². The van der Waals surface area contributed by atoms with Crippen LogP contribution in [0.1, 0.15) is 35.4 Å². The lowest BCUT2D eigenvalue weighted by Crippen LogP contribution is -2.37. The van der Waals surface area contributed by atoms with Gasteiger partial charge in [0.05, 0.1) is 0 Å². The Labute approximate surface area is 168 Å². The second-order valence-corrected chi connectivity index (χ2v) is 7.83. The van der Waals surface area contributed by atoms with Crippen LogP contribution in [-0.4, -0.2) is 47.0 Å². The fraction of sp³-hybridized carbons (Fsp3) is 0.381. The summed E-state index contributed by atoms with van der Waals surface area (Å²) in [6.07, 6.45) is 7.25. The summed E-state index contributed by atoms with van der Waals surface area (Å²) in [5, 5.41) is 4.68. The highest BCUT2D eigenvalue weighted by Crippen LogP contribution is 2.30. The third-order valence-electron chi connectivity index (χ3n) is 4.95. The van der Waals surface area contributed by atoms with Crippen molar-refractivity contribution < 1.29 is 9.21 Å². The highest BCUT2D eigenvalue weighted by Gasteiger charge is 2.21. The number of hydrogen-bond acceptors (Lipinski definition) is 6.